The predicted octanol–water partition coefficient (Wildman–Crippen LogP) is 2.46. The molecule has 1 heterocycles. The summed E-state index contributed by atoms with van der Waals surface area (Å²) in [5, 5.41) is 3.41. The standard InChI is InChI=1S/C13H20N2/c1-10(2)14-9-12-8-7-11-5-3-4-6-13(11)15-12/h7-8,10,14H,3-6,9H2,1-2H3. The lowest BCUT2D eigenvalue weighted by Gasteiger charge is -2.16. The third-order valence-corrected chi connectivity index (χ3v) is 2.93. The third kappa shape index (κ3) is 2.78. The van der Waals surface area contributed by atoms with E-state index in [0.717, 1.165) is 6.54 Å². The Hall–Kier alpha value is -0.890. The maximum absolute atomic E-state index is 4.72. The van der Waals surface area contributed by atoms with Crippen molar-refractivity contribution in [3.63, 3.8) is 0 Å². The number of nitrogens with zero attached hydrogens (tertiary/aromatic N) is 1. The molecular formula is C13H20N2. The highest BCUT2D eigenvalue weighted by molar-refractivity contribution is 5.25. The van der Waals surface area contributed by atoms with Gasteiger partial charge in [-0.2, -0.15) is 0 Å². The van der Waals surface area contributed by atoms with E-state index in [-0.39, 0.29) is 0 Å². The molecule has 0 aromatic carbocycles. The summed E-state index contributed by atoms with van der Waals surface area (Å²) in [7, 11) is 0. The van der Waals surface area contributed by atoms with Gasteiger partial charge in [-0.15, -0.1) is 0 Å². The topological polar surface area (TPSA) is 24.9 Å². The molecule has 0 amide bonds. The maximum Gasteiger partial charge on any atom is 0.0545 e. The van der Waals surface area contributed by atoms with Gasteiger partial charge in [0.25, 0.3) is 0 Å². The number of hydrogen-bond donors (Lipinski definition) is 1. The minimum Gasteiger partial charge on any atom is -0.309 e. The lowest BCUT2D eigenvalue weighted by atomic mass is 9.96. The van der Waals surface area contributed by atoms with Crippen molar-refractivity contribution in [2.75, 3.05) is 0 Å². The van der Waals surface area contributed by atoms with Crippen molar-refractivity contribution < 1.29 is 0 Å². The first-order chi connectivity index (χ1) is 7.25. The van der Waals surface area contributed by atoms with Crippen LogP contribution in [0, 0.1) is 0 Å². The van der Waals surface area contributed by atoms with Crippen LogP contribution in [-0.2, 0) is 19.4 Å². The number of fused-ring (bicyclic) bond motifs is 1. The molecule has 0 saturated carbocycles. The van der Waals surface area contributed by atoms with Gasteiger partial charge in [-0.3, -0.25) is 4.98 Å². The first-order valence-electron chi connectivity index (χ1n) is 5.97. The van der Waals surface area contributed by atoms with Crippen molar-refractivity contribution in [3.05, 3.63) is 29.1 Å². The third-order valence-electron chi connectivity index (χ3n) is 2.93. The van der Waals surface area contributed by atoms with Crippen LogP contribution in [0.3, 0.4) is 0 Å². The van der Waals surface area contributed by atoms with Gasteiger partial charge < -0.3 is 5.32 Å². The minimum absolute atomic E-state index is 0.530. The molecule has 1 aliphatic rings. The summed E-state index contributed by atoms with van der Waals surface area (Å²) in [6.07, 6.45) is 5.03. The zero-order valence-electron chi connectivity index (χ0n) is 9.71. The number of rotatable bonds is 3. The molecule has 2 heteroatoms. The summed E-state index contributed by atoms with van der Waals surface area (Å²) in [6, 6.07) is 4.96. The molecule has 15 heavy (non-hydrogen) atoms. The highest BCUT2D eigenvalue weighted by Gasteiger charge is 2.10. The van der Waals surface area contributed by atoms with Crippen LogP contribution in [0.1, 0.15) is 43.6 Å². The first kappa shape index (κ1) is 10.6. The molecule has 0 bridgehead atoms. The van der Waals surface area contributed by atoms with Crippen LogP contribution in [0.15, 0.2) is 12.1 Å². The zero-order valence-corrected chi connectivity index (χ0v) is 9.71. The molecule has 1 N–H and O–H groups in total. The molecule has 1 aromatic heterocycles. The van der Waals surface area contributed by atoms with E-state index >= 15 is 0 Å². The van der Waals surface area contributed by atoms with E-state index in [2.05, 4.69) is 31.3 Å². The molecular weight excluding hydrogens is 184 g/mol. The molecule has 2 nitrogen and oxygen atoms in total. The van der Waals surface area contributed by atoms with E-state index < -0.39 is 0 Å². The van der Waals surface area contributed by atoms with E-state index in [4.69, 9.17) is 4.98 Å². The Morgan fingerprint density at radius 3 is 2.87 bits per heavy atom. The van der Waals surface area contributed by atoms with Gasteiger partial charge in [-0.1, -0.05) is 19.9 Å². The van der Waals surface area contributed by atoms with E-state index in [9.17, 15) is 0 Å². The SMILES string of the molecule is CC(C)NCc1ccc2c(n1)CCCC2. The van der Waals surface area contributed by atoms with Gasteiger partial charge in [0.2, 0.25) is 0 Å². The molecule has 0 aliphatic heterocycles. The predicted molar refractivity (Wildman–Crippen MR) is 62.9 cm³/mol. The number of pyridine rings is 1. The lowest BCUT2D eigenvalue weighted by molar-refractivity contribution is 0.576. The zero-order chi connectivity index (χ0) is 10.7. The van der Waals surface area contributed by atoms with Crippen LogP contribution in [0.5, 0.6) is 0 Å². The summed E-state index contributed by atoms with van der Waals surface area (Å²) in [6.45, 7) is 5.22. The second kappa shape index (κ2) is 4.75. The van der Waals surface area contributed by atoms with Gasteiger partial charge in [0.05, 0.1) is 5.69 Å². The average Bonchev–Trinajstić information content (AvgIpc) is 2.26. The summed E-state index contributed by atoms with van der Waals surface area (Å²) in [5.74, 6) is 0. The van der Waals surface area contributed by atoms with Crippen LogP contribution in [0.25, 0.3) is 0 Å². The van der Waals surface area contributed by atoms with Gasteiger partial charge in [0.1, 0.15) is 0 Å². The van der Waals surface area contributed by atoms with Gasteiger partial charge in [-0.25, -0.2) is 0 Å². The molecule has 0 unspecified atom stereocenters. The molecule has 0 saturated heterocycles. The largest absolute Gasteiger partial charge is 0.309 e. The molecule has 2 rings (SSSR count). The average molecular weight is 204 g/mol. The molecule has 1 aromatic rings. The summed E-state index contributed by atoms with van der Waals surface area (Å²) >= 11 is 0. The van der Waals surface area contributed by atoms with Crippen molar-refractivity contribution in [1.29, 1.82) is 0 Å². The Morgan fingerprint density at radius 2 is 2.07 bits per heavy atom. The monoisotopic (exact) mass is 204 g/mol. The second-order valence-electron chi connectivity index (χ2n) is 4.65. The van der Waals surface area contributed by atoms with Crippen LogP contribution >= 0.6 is 0 Å². The number of aryl methyl sites for hydroxylation is 2. The number of aromatic nitrogens is 1. The molecule has 82 valence electrons. The van der Waals surface area contributed by atoms with E-state index in [1.807, 2.05) is 0 Å². The van der Waals surface area contributed by atoms with Crippen LogP contribution < -0.4 is 5.32 Å². The number of hydrogen-bond acceptors (Lipinski definition) is 2. The maximum atomic E-state index is 4.72. The van der Waals surface area contributed by atoms with Crippen molar-refractivity contribution >= 4 is 0 Å². The second-order valence-corrected chi connectivity index (χ2v) is 4.65. The molecule has 0 radical (unpaired) electrons. The highest BCUT2D eigenvalue weighted by Crippen LogP contribution is 2.19. The Bertz CT molecular complexity index is 331. The molecule has 0 atom stereocenters. The Morgan fingerprint density at radius 1 is 1.27 bits per heavy atom. The first-order valence-corrected chi connectivity index (χ1v) is 5.97. The van der Waals surface area contributed by atoms with Crippen LogP contribution in [0.2, 0.25) is 0 Å². The van der Waals surface area contributed by atoms with Gasteiger partial charge in [-0.05, 0) is 37.3 Å². The minimum atomic E-state index is 0.530. The smallest absolute Gasteiger partial charge is 0.0545 e. The van der Waals surface area contributed by atoms with Gasteiger partial charge in [0.15, 0.2) is 0 Å². The van der Waals surface area contributed by atoms with Gasteiger partial charge >= 0.3 is 0 Å². The molecule has 1 aliphatic carbocycles. The Balaban J connectivity index is 2.07. The van der Waals surface area contributed by atoms with E-state index in [0.29, 0.717) is 6.04 Å². The van der Waals surface area contributed by atoms with Crippen molar-refractivity contribution in [2.45, 2.75) is 52.1 Å². The summed E-state index contributed by atoms with van der Waals surface area (Å²) in [4.78, 5) is 4.72. The molecule has 0 fully saturated rings. The van der Waals surface area contributed by atoms with E-state index in [1.54, 1.807) is 0 Å². The van der Waals surface area contributed by atoms with Crippen LogP contribution in [-0.4, -0.2) is 11.0 Å². The summed E-state index contributed by atoms with van der Waals surface area (Å²) in [5.41, 5.74) is 3.99. The fourth-order valence-electron chi connectivity index (χ4n) is 2.03. The lowest BCUT2D eigenvalue weighted by Crippen LogP contribution is -2.23. The molecule has 0 spiro atoms. The fourth-order valence-corrected chi connectivity index (χ4v) is 2.03. The highest BCUT2D eigenvalue weighted by atomic mass is 14.9. The fraction of sp³-hybridized carbons (Fsp3) is 0.615. The van der Waals surface area contributed by atoms with Crippen molar-refractivity contribution in [2.24, 2.45) is 0 Å². The van der Waals surface area contributed by atoms with Gasteiger partial charge in [0, 0.05) is 18.3 Å². The summed E-state index contributed by atoms with van der Waals surface area (Å²) < 4.78 is 0. The Labute approximate surface area is 92.1 Å². The Kier molecular flexibility index (Phi) is 3.37. The normalized spacial score (nSPS) is 15.4. The number of nitrogens with one attached hydrogen (secondary N) is 1. The van der Waals surface area contributed by atoms with Crippen LogP contribution in [0.4, 0.5) is 0 Å². The quantitative estimate of drug-likeness (QED) is 0.818. The van der Waals surface area contributed by atoms with Crippen molar-refractivity contribution in [3.8, 4) is 0 Å². The van der Waals surface area contributed by atoms with E-state index in [1.165, 1.54) is 42.6 Å². The van der Waals surface area contributed by atoms with Crippen molar-refractivity contribution in [1.82, 2.24) is 10.3 Å².